The van der Waals surface area contributed by atoms with Gasteiger partial charge in [0, 0.05) is 28.6 Å². The first kappa shape index (κ1) is 60.5. The summed E-state index contributed by atoms with van der Waals surface area (Å²) in [5, 5.41) is 5.59. The molecule has 0 unspecified atom stereocenters. The fraction of sp³-hybridized carbons (Fsp3) is 0.618. The van der Waals surface area contributed by atoms with Crippen LogP contribution in [0.4, 0.5) is 9.59 Å². The van der Waals surface area contributed by atoms with E-state index in [1.165, 1.54) is 0 Å². The van der Waals surface area contributed by atoms with Gasteiger partial charge in [-0.15, -0.1) is 0 Å². The third-order valence-electron chi connectivity index (χ3n) is 15.1. The molecule has 0 bridgehead atoms. The van der Waals surface area contributed by atoms with E-state index in [0.29, 0.717) is 45.0 Å². The van der Waals surface area contributed by atoms with Gasteiger partial charge in [0.1, 0.15) is 24.0 Å². The Balaban J connectivity index is 2.07. The first-order valence-electron chi connectivity index (χ1n) is 25.2. The average Bonchev–Trinajstić information content (AvgIpc) is 3.23. The molecule has 4 rings (SSSR count). The van der Waals surface area contributed by atoms with Crippen molar-refractivity contribution in [1.82, 2.24) is 15.5 Å². The van der Waals surface area contributed by atoms with E-state index in [1.54, 1.807) is 39.9 Å². The first-order chi connectivity index (χ1) is 32.9. The van der Waals surface area contributed by atoms with Crippen LogP contribution < -0.4 is 29.0 Å². The Morgan fingerprint density at radius 2 is 1.31 bits per heavy atom. The Morgan fingerprint density at radius 1 is 0.750 bits per heavy atom. The molecular formula is C55H88BrN3O10Si3. The summed E-state index contributed by atoms with van der Waals surface area (Å²) < 4.78 is 45.9. The van der Waals surface area contributed by atoms with E-state index < -0.39 is 66.8 Å². The van der Waals surface area contributed by atoms with E-state index in [4.69, 9.17) is 32.2 Å². The van der Waals surface area contributed by atoms with E-state index in [9.17, 15) is 9.59 Å². The summed E-state index contributed by atoms with van der Waals surface area (Å²) in [6, 6.07) is 10.8. The van der Waals surface area contributed by atoms with Crippen molar-refractivity contribution in [3.05, 3.63) is 80.3 Å². The van der Waals surface area contributed by atoms with Crippen molar-refractivity contribution in [2.45, 2.75) is 195 Å². The Bertz CT molecular complexity index is 2400. The second-order valence-corrected chi connectivity index (χ2v) is 39.9. The average molecular weight is 1120 g/mol. The highest BCUT2D eigenvalue weighted by Gasteiger charge is 2.48. The molecule has 13 nitrogen and oxygen atoms in total. The second-order valence-electron chi connectivity index (χ2n) is 24.9. The number of amides is 3. The Hall–Kier alpha value is -4.04. The normalized spacial score (nSPS) is 16.3. The molecule has 0 aromatic heterocycles. The number of carbonyl (C=O) groups excluding carboxylic acids is 3. The highest BCUT2D eigenvalue weighted by atomic mass is 79.9. The predicted octanol–water partition coefficient (Wildman–Crippen LogP) is 13.7. The second kappa shape index (κ2) is 22.8. The van der Waals surface area contributed by atoms with Crippen molar-refractivity contribution >= 4 is 59.0 Å². The van der Waals surface area contributed by atoms with Crippen molar-refractivity contribution in [3.63, 3.8) is 0 Å². The highest BCUT2D eigenvalue weighted by molar-refractivity contribution is 9.10. The number of nitrogens with zero attached hydrogens (tertiary/aromatic N) is 1. The van der Waals surface area contributed by atoms with Gasteiger partial charge >= 0.3 is 12.2 Å². The lowest BCUT2D eigenvalue weighted by Gasteiger charge is -2.48. The monoisotopic (exact) mass is 1110 g/mol. The van der Waals surface area contributed by atoms with Crippen LogP contribution in [0.3, 0.4) is 0 Å². The maximum absolute atomic E-state index is 16.4. The number of ether oxygens (including phenoxy) is 4. The van der Waals surface area contributed by atoms with Crippen LogP contribution in [-0.2, 0) is 38.1 Å². The summed E-state index contributed by atoms with van der Waals surface area (Å²) in [6.07, 6.45) is -1.00. The molecule has 3 aromatic rings. The molecule has 0 aliphatic carbocycles. The van der Waals surface area contributed by atoms with Crippen molar-refractivity contribution in [3.8, 4) is 23.0 Å². The number of nitrogens with one attached hydrogen (secondary N) is 2. The van der Waals surface area contributed by atoms with Crippen molar-refractivity contribution in [1.29, 1.82) is 0 Å². The maximum Gasteiger partial charge on any atom is 0.408 e. The standard InChI is InChI=1S/C55H88BrN3O10Si3/c1-35-28-38-29-40(34-66-70(17,18)53(6,7)8)59(42(32-57-50(61)65-33-37-26-24-23-25-27-37)44(38)48(46(35)63-15)69-72(21,22)55(12,13)14)49(60)41(58-51(62)67-52(3,4)5)30-39-31-43(47(64-16)36(2)45(39)56)68-71(19,20)54(9,10)11/h23-28,31,40-42H,29-30,32-34H2,1-22H3,(H,57,61)(H,58,62)/t40-,41-,42-/m0/s1. The number of aryl methyl sites for hydroxylation is 1. The highest BCUT2D eigenvalue weighted by Crippen LogP contribution is 2.50. The molecule has 3 amide bonds. The van der Waals surface area contributed by atoms with Crippen LogP contribution in [-0.4, -0.2) is 93.0 Å². The van der Waals surface area contributed by atoms with Gasteiger partial charge < -0.3 is 47.8 Å². The van der Waals surface area contributed by atoms with Crippen LogP contribution in [0.15, 0.2) is 46.9 Å². The number of hydrogen-bond acceptors (Lipinski definition) is 10. The molecule has 402 valence electrons. The summed E-state index contributed by atoms with van der Waals surface area (Å²) in [5.74, 6) is 1.81. The zero-order chi connectivity index (χ0) is 54.7. The van der Waals surface area contributed by atoms with Gasteiger partial charge in [0.05, 0.1) is 32.9 Å². The van der Waals surface area contributed by atoms with Gasteiger partial charge in [0.25, 0.3) is 16.6 Å². The van der Waals surface area contributed by atoms with Crippen LogP contribution in [0.5, 0.6) is 23.0 Å². The molecule has 3 atom stereocenters. The zero-order valence-corrected chi connectivity index (χ0v) is 52.3. The zero-order valence-electron chi connectivity index (χ0n) is 47.7. The number of rotatable bonds is 17. The number of benzene rings is 3. The van der Waals surface area contributed by atoms with Crippen molar-refractivity contribution < 1.29 is 46.6 Å². The number of alkyl carbamates (subject to hydrolysis) is 2. The third-order valence-corrected chi connectivity index (χ3v) is 29.3. The summed E-state index contributed by atoms with van der Waals surface area (Å²) in [4.78, 5) is 46.2. The summed E-state index contributed by atoms with van der Waals surface area (Å²) in [5.41, 5.74) is 3.98. The summed E-state index contributed by atoms with van der Waals surface area (Å²) in [6.45, 7) is 42.1. The van der Waals surface area contributed by atoms with Gasteiger partial charge in [-0.1, -0.05) is 115 Å². The Labute approximate surface area is 444 Å². The van der Waals surface area contributed by atoms with Gasteiger partial charge in [0.2, 0.25) is 5.91 Å². The quantitative estimate of drug-likeness (QED) is 0.125. The molecule has 0 radical (unpaired) electrons. The van der Waals surface area contributed by atoms with Crippen molar-refractivity contribution in [2.24, 2.45) is 0 Å². The molecule has 0 saturated carbocycles. The molecule has 0 saturated heterocycles. The van der Waals surface area contributed by atoms with E-state index in [-0.39, 0.29) is 41.3 Å². The molecule has 0 spiro atoms. The van der Waals surface area contributed by atoms with E-state index >= 15 is 4.79 Å². The molecule has 1 aliphatic heterocycles. The lowest BCUT2D eigenvalue weighted by Crippen LogP contribution is -2.59. The SMILES string of the molecule is COc1c(O[Si](C)(C)C(C)(C)C)cc(C[C@H](NC(=O)OC(C)(C)C)C(=O)N2[C@H](CO[Si](C)(C)C(C)(C)C)Cc3cc(C)c(OC)c(O[Si](C)(C)C(C)(C)C)c3[C@@H]2CNC(=O)OCc2ccccc2)c(Br)c1C. The lowest BCUT2D eigenvalue weighted by atomic mass is 9.85. The number of hydrogen-bond donors (Lipinski definition) is 2. The predicted molar refractivity (Wildman–Crippen MR) is 301 cm³/mol. The van der Waals surface area contributed by atoms with E-state index in [0.717, 1.165) is 22.3 Å². The molecule has 1 aliphatic rings. The van der Waals surface area contributed by atoms with Gasteiger partial charge in [-0.3, -0.25) is 4.79 Å². The van der Waals surface area contributed by atoms with Crippen LogP contribution in [0.2, 0.25) is 54.4 Å². The summed E-state index contributed by atoms with van der Waals surface area (Å²) >= 11 is 3.88. The number of methoxy groups -OCH3 is 2. The molecule has 72 heavy (non-hydrogen) atoms. The smallest absolute Gasteiger partial charge is 0.408 e. The Kier molecular flexibility index (Phi) is 19.2. The van der Waals surface area contributed by atoms with E-state index in [2.05, 4.69) is 134 Å². The van der Waals surface area contributed by atoms with Crippen LogP contribution in [0.25, 0.3) is 0 Å². The molecule has 1 heterocycles. The third kappa shape index (κ3) is 14.6. The first-order valence-corrected chi connectivity index (χ1v) is 34.7. The van der Waals surface area contributed by atoms with Gasteiger partial charge in [-0.25, -0.2) is 9.59 Å². The van der Waals surface area contributed by atoms with Crippen LogP contribution >= 0.6 is 15.9 Å². The van der Waals surface area contributed by atoms with Gasteiger partial charge in [-0.2, -0.15) is 0 Å². The van der Waals surface area contributed by atoms with Gasteiger partial charge in [0.15, 0.2) is 25.6 Å². The molecule has 0 fully saturated rings. The topological polar surface area (TPSA) is 143 Å². The Morgan fingerprint density at radius 3 is 1.83 bits per heavy atom. The van der Waals surface area contributed by atoms with Crippen molar-refractivity contribution in [2.75, 3.05) is 27.4 Å². The molecular weight excluding hydrogens is 1030 g/mol. The lowest BCUT2D eigenvalue weighted by molar-refractivity contribution is -0.140. The largest absolute Gasteiger partial charge is 0.541 e. The minimum Gasteiger partial charge on any atom is -0.541 e. The molecule has 2 N–H and O–H groups in total. The number of carbonyl (C=O) groups is 3. The molecule has 17 heteroatoms. The number of fused-ring (bicyclic) bond motifs is 1. The molecule has 3 aromatic carbocycles. The minimum absolute atomic E-state index is 0.0281. The fourth-order valence-electron chi connectivity index (χ4n) is 7.81. The fourth-order valence-corrected chi connectivity index (χ4v) is 11.3. The van der Waals surface area contributed by atoms with Crippen LogP contribution in [0.1, 0.15) is 123 Å². The van der Waals surface area contributed by atoms with Gasteiger partial charge in [-0.05, 0) is 124 Å². The van der Waals surface area contributed by atoms with E-state index in [1.807, 2.05) is 50.2 Å². The summed E-state index contributed by atoms with van der Waals surface area (Å²) in [7, 11) is -4.20. The van der Waals surface area contributed by atoms with Crippen LogP contribution in [0, 0.1) is 13.8 Å². The maximum atomic E-state index is 16.4. The number of halogens is 1. The minimum atomic E-state index is -2.61.